The van der Waals surface area contributed by atoms with Gasteiger partial charge in [-0.3, -0.25) is 4.79 Å². The first-order chi connectivity index (χ1) is 11.0. The molecule has 1 saturated heterocycles. The van der Waals surface area contributed by atoms with Crippen LogP contribution < -0.4 is 4.74 Å². The van der Waals surface area contributed by atoms with Crippen molar-refractivity contribution in [3.63, 3.8) is 0 Å². The minimum absolute atomic E-state index is 0.0725. The van der Waals surface area contributed by atoms with Crippen LogP contribution in [0.1, 0.15) is 31.7 Å². The van der Waals surface area contributed by atoms with Gasteiger partial charge >= 0.3 is 6.61 Å². The Kier molecular flexibility index (Phi) is 6.33. The second kappa shape index (κ2) is 8.24. The summed E-state index contributed by atoms with van der Waals surface area (Å²) in [6.07, 6.45) is 2.41. The first-order valence-corrected chi connectivity index (χ1v) is 7.95. The smallest absolute Gasteiger partial charge is 0.387 e. The lowest BCUT2D eigenvalue weighted by molar-refractivity contribution is -0.133. The quantitative estimate of drug-likeness (QED) is 0.874. The average Bonchev–Trinajstić information content (AvgIpc) is 2.53. The van der Waals surface area contributed by atoms with E-state index in [9.17, 15) is 18.7 Å². The molecule has 2 atom stereocenters. The summed E-state index contributed by atoms with van der Waals surface area (Å²) in [7, 11) is 0. The summed E-state index contributed by atoms with van der Waals surface area (Å²) >= 11 is 0. The van der Waals surface area contributed by atoms with Gasteiger partial charge in [-0.25, -0.2) is 0 Å². The Bertz CT molecular complexity index is 505. The van der Waals surface area contributed by atoms with Crippen LogP contribution in [-0.2, 0) is 11.2 Å². The summed E-state index contributed by atoms with van der Waals surface area (Å²) in [5.74, 6) is 0.340. The molecule has 0 aromatic heterocycles. The van der Waals surface area contributed by atoms with Crippen molar-refractivity contribution in [2.45, 2.75) is 45.3 Å². The number of halogens is 2. The number of likely N-dealkylation sites (tertiary alicyclic amines) is 1. The highest BCUT2D eigenvalue weighted by atomic mass is 19.3. The number of alkyl halides is 2. The lowest BCUT2D eigenvalue weighted by Gasteiger charge is -2.34. The Balaban J connectivity index is 1.81. The molecule has 0 aliphatic carbocycles. The summed E-state index contributed by atoms with van der Waals surface area (Å²) < 4.78 is 28.4. The second-order valence-electron chi connectivity index (χ2n) is 6.01. The molecule has 1 aromatic carbocycles. The van der Waals surface area contributed by atoms with Crippen molar-refractivity contribution in [3.05, 3.63) is 29.8 Å². The van der Waals surface area contributed by atoms with Crippen molar-refractivity contribution in [3.8, 4) is 5.75 Å². The van der Waals surface area contributed by atoms with Gasteiger partial charge in [0.15, 0.2) is 0 Å². The van der Waals surface area contributed by atoms with Gasteiger partial charge in [-0.15, -0.1) is 0 Å². The molecule has 0 spiro atoms. The van der Waals surface area contributed by atoms with Gasteiger partial charge in [0.05, 0.1) is 6.10 Å². The molecule has 1 N–H and O–H groups in total. The first-order valence-electron chi connectivity index (χ1n) is 7.95. The van der Waals surface area contributed by atoms with E-state index in [4.69, 9.17) is 0 Å². The van der Waals surface area contributed by atoms with E-state index in [1.165, 1.54) is 12.1 Å². The first kappa shape index (κ1) is 17.7. The molecule has 0 saturated carbocycles. The monoisotopic (exact) mass is 327 g/mol. The Morgan fingerprint density at radius 3 is 2.70 bits per heavy atom. The third-order valence-electron chi connectivity index (χ3n) is 4.27. The molecular formula is C17H23F2NO3. The Morgan fingerprint density at radius 1 is 1.39 bits per heavy atom. The molecule has 128 valence electrons. The maximum absolute atomic E-state index is 12.3. The number of rotatable bonds is 6. The van der Waals surface area contributed by atoms with Crippen LogP contribution in [0.25, 0.3) is 0 Å². The molecular weight excluding hydrogens is 304 g/mol. The van der Waals surface area contributed by atoms with E-state index in [0.29, 0.717) is 19.4 Å². The number of benzene rings is 1. The van der Waals surface area contributed by atoms with Crippen LogP contribution in [0.3, 0.4) is 0 Å². The van der Waals surface area contributed by atoms with Crippen molar-refractivity contribution in [1.82, 2.24) is 4.90 Å². The highest BCUT2D eigenvalue weighted by Gasteiger charge is 2.26. The van der Waals surface area contributed by atoms with E-state index in [0.717, 1.165) is 24.9 Å². The van der Waals surface area contributed by atoms with Crippen LogP contribution in [0, 0.1) is 5.92 Å². The van der Waals surface area contributed by atoms with Gasteiger partial charge in [0.1, 0.15) is 5.75 Å². The molecule has 1 amide bonds. The van der Waals surface area contributed by atoms with E-state index in [1.807, 2.05) is 4.90 Å². The molecule has 1 heterocycles. The number of nitrogens with zero attached hydrogens (tertiary/aromatic N) is 1. The van der Waals surface area contributed by atoms with Crippen molar-refractivity contribution >= 4 is 5.91 Å². The highest BCUT2D eigenvalue weighted by molar-refractivity contribution is 5.76. The maximum Gasteiger partial charge on any atom is 0.387 e. The summed E-state index contributed by atoms with van der Waals surface area (Å²) in [4.78, 5) is 14.1. The number of hydrogen-bond acceptors (Lipinski definition) is 3. The fourth-order valence-electron chi connectivity index (χ4n) is 2.88. The minimum atomic E-state index is -2.83. The fraction of sp³-hybridized carbons (Fsp3) is 0.588. The predicted molar refractivity (Wildman–Crippen MR) is 82.4 cm³/mol. The maximum atomic E-state index is 12.3. The number of aryl methyl sites for hydroxylation is 1. The number of carbonyl (C=O) groups excluding carboxylic acids is 1. The minimum Gasteiger partial charge on any atom is -0.435 e. The average molecular weight is 327 g/mol. The number of aliphatic hydroxyl groups excluding tert-OH is 1. The molecule has 23 heavy (non-hydrogen) atoms. The summed E-state index contributed by atoms with van der Waals surface area (Å²) in [5, 5.41) is 9.67. The molecule has 2 rings (SSSR count). The molecule has 2 unspecified atom stereocenters. The Hall–Kier alpha value is -1.69. The molecule has 1 aliphatic heterocycles. The van der Waals surface area contributed by atoms with Crippen molar-refractivity contribution in [2.75, 3.05) is 13.1 Å². The normalized spacial score (nSPS) is 19.7. The summed E-state index contributed by atoms with van der Waals surface area (Å²) in [5.41, 5.74) is 0.907. The Labute approximate surface area is 135 Å². The van der Waals surface area contributed by atoms with Gasteiger partial charge in [-0.1, -0.05) is 12.1 Å². The summed E-state index contributed by atoms with van der Waals surface area (Å²) in [6.45, 7) is 0.283. The summed E-state index contributed by atoms with van der Waals surface area (Å²) in [6, 6.07) is 6.35. The highest BCUT2D eigenvalue weighted by Crippen LogP contribution is 2.21. The zero-order valence-electron chi connectivity index (χ0n) is 13.3. The molecule has 0 bridgehead atoms. The van der Waals surface area contributed by atoms with Gasteiger partial charge in [-0.05, 0) is 43.9 Å². The third kappa shape index (κ3) is 5.46. The van der Waals surface area contributed by atoms with Crippen LogP contribution >= 0.6 is 0 Å². The van der Waals surface area contributed by atoms with Crippen molar-refractivity contribution in [1.29, 1.82) is 0 Å². The van der Waals surface area contributed by atoms with E-state index in [2.05, 4.69) is 4.74 Å². The zero-order valence-corrected chi connectivity index (χ0v) is 13.3. The van der Waals surface area contributed by atoms with Crippen LogP contribution in [-0.4, -0.2) is 41.7 Å². The number of ether oxygens (including phenoxy) is 1. The van der Waals surface area contributed by atoms with Crippen LogP contribution in [0.2, 0.25) is 0 Å². The second-order valence-corrected chi connectivity index (χ2v) is 6.01. The number of amides is 1. The van der Waals surface area contributed by atoms with Crippen LogP contribution in [0.15, 0.2) is 24.3 Å². The lowest BCUT2D eigenvalue weighted by atomic mass is 9.93. The standard InChI is InChI=1S/C17H23F2NO3/c1-12(21)14-3-2-10-20(11-14)16(22)9-6-13-4-7-15(8-5-13)23-17(18)19/h4-5,7-8,12,14,17,21H,2-3,6,9-11H2,1H3. The molecule has 4 nitrogen and oxygen atoms in total. The van der Waals surface area contributed by atoms with Gasteiger partial charge in [0.2, 0.25) is 5.91 Å². The van der Waals surface area contributed by atoms with E-state index >= 15 is 0 Å². The number of carbonyl (C=O) groups is 1. The zero-order chi connectivity index (χ0) is 16.8. The number of aliphatic hydroxyl groups is 1. The van der Waals surface area contributed by atoms with E-state index in [-0.39, 0.29) is 17.6 Å². The molecule has 1 aromatic rings. The topological polar surface area (TPSA) is 49.8 Å². The van der Waals surface area contributed by atoms with Gasteiger partial charge in [0.25, 0.3) is 0 Å². The Morgan fingerprint density at radius 2 is 2.09 bits per heavy atom. The predicted octanol–water partition coefficient (Wildman–Crippen LogP) is 2.84. The van der Waals surface area contributed by atoms with Crippen molar-refractivity contribution in [2.24, 2.45) is 5.92 Å². The van der Waals surface area contributed by atoms with E-state index in [1.54, 1.807) is 19.1 Å². The molecule has 1 fully saturated rings. The van der Waals surface area contributed by atoms with Crippen LogP contribution in [0.5, 0.6) is 5.75 Å². The van der Waals surface area contributed by atoms with E-state index < -0.39 is 12.7 Å². The molecule has 6 heteroatoms. The van der Waals surface area contributed by atoms with Gasteiger partial charge < -0.3 is 14.7 Å². The lowest BCUT2D eigenvalue weighted by Crippen LogP contribution is -2.43. The van der Waals surface area contributed by atoms with Gasteiger partial charge in [0, 0.05) is 25.4 Å². The largest absolute Gasteiger partial charge is 0.435 e. The fourth-order valence-corrected chi connectivity index (χ4v) is 2.88. The SMILES string of the molecule is CC(O)C1CCCN(C(=O)CCc2ccc(OC(F)F)cc2)C1. The third-order valence-corrected chi connectivity index (χ3v) is 4.27. The number of hydrogen-bond donors (Lipinski definition) is 1. The molecule has 1 aliphatic rings. The number of piperidine rings is 1. The van der Waals surface area contributed by atoms with Crippen LogP contribution in [0.4, 0.5) is 8.78 Å². The van der Waals surface area contributed by atoms with Gasteiger partial charge in [-0.2, -0.15) is 8.78 Å². The van der Waals surface area contributed by atoms with Crippen molar-refractivity contribution < 1.29 is 23.4 Å². The molecule has 0 radical (unpaired) electrons.